The SMILES string of the molecule is Cc1ccccc1Cc1nc2cc3c(cc2[nH]1)OCCO3. The minimum atomic E-state index is 0.596. The lowest BCUT2D eigenvalue weighted by Crippen LogP contribution is -2.15. The molecule has 1 N–H and O–H groups in total. The van der Waals surface area contributed by atoms with E-state index in [-0.39, 0.29) is 0 Å². The quantitative estimate of drug-likeness (QED) is 0.784. The molecule has 21 heavy (non-hydrogen) atoms. The number of fused-ring (bicyclic) bond motifs is 2. The standard InChI is InChI=1S/C17H16N2O2/c1-11-4-2-3-5-12(11)8-17-18-13-9-15-16(10-14(13)19-17)21-7-6-20-15/h2-5,9-10H,6-8H2,1H3,(H,18,19). The summed E-state index contributed by atoms with van der Waals surface area (Å²) in [5.41, 5.74) is 4.48. The van der Waals surface area contributed by atoms with E-state index in [2.05, 4.69) is 41.2 Å². The van der Waals surface area contributed by atoms with E-state index in [4.69, 9.17) is 9.47 Å². The minimum absolute atomic E-state index is 0.596. The Morgan fingerprint density at radius 1 is 1.10 bits per heavy atom. The third-order valence-corrected chi connectivity index (χ3v) is 3.81. The number of aryl methyl sites for hydroxylation is 1. The van der Waals surface area contributed by atoms with E-state index in [1.165, 1.54) is 11.1 Å². The molecule has 0 fully saturated rings. The van der Waals surface area contributed by atoms with Gasteiger partial charge < -0.3 is 14.5 Å². The summed E-state index contributed by atoms with van der Waals surface area (Å²) in [5, 5.41) is 0. The smallest absolute Gasteiger partial charge is 0.163 e. The fourth-order valence-electron chi connectivity index (χ4n) is 2.67. The number of hydrogen-bond acceptors (Lipinski definition) is 3. The lowest BCUT2D eigenvalue weighted by Gasteiger charge is -2.17. The van der Waals surface area contributed by atoms with Gasteiger partial charge in [-0.15, -0.1) is 0 Å². The average molecular weight is 280 g/mol. The summed E-state index contributed by atoms with van der Waals surface area (Å²) >= 11 is 0. The lowest BCUT2D eigenvalue weighted by molar-refractivity contribution is 0.172. The molecule has 4 heteroatoms. The van der Waals surface area contributed by atoms with Crippen LogP contribution in [-0.4, -0.2) is 23.2 Å². The van der Waals surface area contributed by atoms with Crippen LogP contribution in [0.25, 0.3) is 11.0 Å². The summed E-state index contributed by atoms with van der Waals surface area (Å²) in [6.45, 7) is 3.32. The highest BCUT2D eigenvalue weighted by Crippen LogP contribution is 2.33. The lowest BCUT2D eigenvalue weighted by atomic mass is 10.1. The van der Waals surface area contributed by atoms with Crippen molar-refractivity contribution >= 4 is 11.0 Å². The van der Waals surface area contributed by atoms with Gasteiger partial charge in [-0.1, -0.05) is 24.3 Å². The summed E-state index contributed by atoms with van der Waals surface area (Å²) in [4.78, 5) is 8.04. The number of imidazole rings is 1. The Bertz CT molecular complexity index is 765. The van der Waals surface area contributed by atoms with Crippen molar-refractivity contribution in [1.82, 2.24) is 9.97 Å². The van der Waals surface area contributed by atoms with Crippen molar-refractivity contribution in [2.75, 3.05) is 13.2 Å². The summed E-state index contributed by atoms with van der Waals surface area (Å²) in [7, 11) is 0. The number of rotatable bonds is 2. The van der Waals surface area contributed by atoms with Crippen LogP contribution in [0.2, 0.25) is 0 Å². The number of nitrogens with zero attached hydrogens (tertiary/aromatic N) is 1. The topological polar surface area (TPSA) is 47.1 Å². The van der Waals surface area contributed by atoms with Crippen molar-refractivity contribution in [2.24, 2.45) is 0 Å². The van der Waals surface area contributed by atoms with Gasteiger partial charge in [0.2, 0.25) is 0 Å². The van der Waals surface area contributed by atoms with Gasteiger partial charge in [0.15, 0.2) is 11.5 Å². The molecule has 0 bridgehead atoms. The molecule has 0 spiro atoms. The van der Waals surface area contributed by atoms with Gasteiger partial charge in [-0.25, -0.2) is 4.98 Å². The summed E-state index contributed by atoms with van der Waals surface area (Å²) < 4.78 is 11.2. The first-order valence-corrected chi connectivity index (χ1v) is 7.12. The van der Waals surface area contributed by atoms with E-state index in [9.17, 15) is 0 Å². The molecule has 4 rings (SSSR count). The Morgan fingerprint density at radius 3 is 2.67 bits per heavy atom. The first-order chi connectivity index (χ1) is 10.3. The first-order valence-electron chi connectivity index (χ1n) is 7.12. The summed E-state index contributed by atoms with van der Waals surface area (Å²) in [5.74, 6) is 2.53. The molecule has 0 aliphatic carbocycles. The monoisotopic (exact) mass is 280 g/mol. The molecule has 0 radical (unpaired) electrons. The molecule has 3 aromatic rings. The molecule has 1 aliphatic heterocycles. The molecule has 1 aliphatic rings. The highest BCUT2D eigenvalue weighted by atomic mass is 16.6. The van der Waals surface area contributed by atoms with E-state index in [1.807, 2.05) is 12.1 Å². The molecule has 0 unspecified atom stereocenters. The summed E-state index contributed by atoms with van der Waals surface area (Å²) in [6.07, 6.45) is 0.799. The second kappa shape index (κ2) is 4.81. The molecule has 1 aromatic heterocycles. The zero-order chi connectivity index (χ0) is 14.2. The number of benzene rings is 2. The minimum Gasteiger partial charge on any atom is -0.486 e. The largest absolute Gasteiger partial charge is 0.486 e. The van der Waals surface area contributed by atoms with Crippen molar-refractivity contribution in [3.63, 3.8) is 0 Å². The van der Waals surface area contributed by atoms with Gasteiger partial charge in [0.1, 0.15) is 19.0 Å². The Kier molecular flexibility index (Phi) is 2.81. The first kappa shape index (κ1) is 12.3. The van der Waals surface area contributed by atoms with Crippen LogP contribution >= 0.6 is 0 Å². The Labute approximate surface area is 122 Å². The van der Waals surface area contributed by atoms with Crippen LogP contribution in [0, 0.1) is 6.92 Å². The normalized spacial score (nSPS) is 13.6. The number of nitrogens with one attached hydrogen (secondary N) is 1. The van der Waals surface area contributed by atoms with Crippen LogP contribution < -0.4 is 9.47 Å². The number of aromatic nitrogens is 2. The van der Waals surface area contributed by atoms with Crippen molar-refractivity contribution < 1.29 is 9.47 Å². The zero-order valence-corrected chi connectivity index (χ0v) is 11.8. The third-order valence-electron chi connectivity index (χ3n) is 3.81. The maximum Gasteiger partial charge on any atom is 0.163 e. The predicted octanol–water partition coefficient (Wildman–Crippen LogP) is 3.23. The van der Waals surface area contributed by atoms with Crippen molar-refractivity contribution in [1.29, 1.82) is 0 Å². The Morgan fingerprint density at radius 2 is 1.86 bits per heavy atom. The van der Waals surface area contributed by atoms with Crippen LogP contribution in [0.15, 0.2) is 36.4 Å². The molecule has 0 saturated carbocycles. The molecule has 106 valence electrons. The van der Waals surface area contributed by atoms with E-state index in [0.29, 0.717) is 13.2 Å². The fourth-order valence-corrected chi connectivity index (χ4v) is 2.67. The predicted molar refractivity (Wildman–Crippen MR) is 81.1 cm³/mol. The third kappa shape index (κ3) is 2.23. The van der Waals surface area contributed by atoms with Crippen molar-refractivity contribution in [2.45, 2.75) is 13.3 Å². The molecule has 2 aromatic carbocycles. The zero-order valence-electron chi connectivity index (χ0n) is 11.8. The number of hydrogen-bond donors (Lipinski definition) is 1. The Balaban J connectivity index is 1.72. The molecule has 0 amide bonds. The highest BCUT2D eigenvalue weighted by Gasteiger charge is 2.15. The van der Waals surface area contributed by atoms with Gasteiger partial charge in [-0.3, -0.25) is 0 Å². The van der Waals surface area contributed by atoms with Gasteiger partial charge in [-0.05, 0) is 18.1 Å². The molecule has 4 nitrogen and oxygen atoms in total. The van der Waals surface area contributed by atoms with Gasteiger partial charge >= 0.3 is 0 Å². The van der Waals surface area contributed by atoms with Gasteiger partial charge in [0.05, 0.1) is 11.0 Å². The molecule has 0 saturated heterocycles. The van der Waals surface area contributed by atoms with Crippen LogP contribution in [0.3, 0.4) is 0 Å². The van der Waals surface area contributed by atoms with E-state index in [0.717, 1.165) is 34.8 Å². The van der Waals surface area contributed by atoms with E-state index >= 15 is 0 Å². The second-order valence-electron chi connectivity index (χ2n) is 5.30. The number of H-pyrrole nitrogens is 1. The van der Waals surface area contributed by atoms with Crippen LogP contribution in [0.1, 0.15) is 17.0 Å². The van der Waals surface area contributed by atoms with Gasteiger partial charge in [-0.2, -0.15) is 0 Å². The van der Waals surface area contributed by atoms with E-state index in [1.54, 1.807) is 0 Å². The van der Waals surface area contributed by atoms with Crippen LogP contribution in [0.4, 0.5) is 0 Å². The molecule has 0 atom stereocenters. The van der Waals surface area contributed by atoms with E-state index < -0.39 is 0 Å². The average Bonchev–Trinajstić information content (AvgIpc) is 2.88. The van der Waals surface area contributed by atoms with Gasteiger partial charge in [0, 0.05) is 18.6 Å². The summed E-state index contributed by atoms with van der Waals surface area (Å²) in [6, 6.07) is 12.3. The molecule has 2 heterocycles. The van der Waals surface area contributed by atoms with Gasteiger partial charge in [0.25, 0.3) is 0 Å². The van der Waals surface area contributed by atoms with Crippen molar-refractivity contribution in [3.05, 3.63) is 53.3 Å². The maximum atomic E-state index is 5.61. The molecular formula is C17H16N2O2. The second-order valence-corrected chi connectivity index (χ2v) is 5.30. The maximum absolute atomic E-state index is 5.61. The van der Waals surface area contributed by atoms with Crippen molar-refractivity contribution in [3.8, 4) is 11.5 Å². The highest BCUT2D eigenvalue weighted by molar-refractivity contribution is 5.80. The Hall–Kier alpha value is -2.49. The van der Waals surface area contributed by atoms with Crippen LogP contribution in [-0.2, 0) is 6.42 Å². The number of aromatic amines is 1. The van der Waals surface area contributed by atoms with Crippen LogP contribution in [0.5, 0.6) is 11.5 Å². The molecular weight excluding hydrogens is 264 g/mol. The number of ether oxygens (including phenoxy) is 2. The fraction of sp³-hybridized carbons (Fsp3) is 0.235.